The van der Waals surface area contributed by atoms with Crippen LogP contribution in [0.2, 0.25) is 10.2 Å². The molecule has 0 N–H and O–H groups in total. The third-order valence-electron chi connectivity index (χ3n) is 2.35. The molecule has 0 bridgehead atoms. The fraction of sp³-hybridized carbons (Fsp3) is 0.167. The molecule has 0 aliphatic rings. The Hall–Kier alpha value is -0.700. The van der Waals surface area contributed by atoms with E-state index < -0.39 is 5.38 Å². The van der Waals surface area contributed by atoms with E-state index in [2.05, 4.69) is 0 Å². The van der Waals surface area contributed by atoms with E-state index in [-0.39, 0.29) is 17.5 Å². The molecule has 2 rings (SSSR count). The van der Waals surface area contributed by atoms with Crippen molar-refractivity contribution in [3.63, 3.8) is 0 Å². The summed E-state index contributed by atoms with van der Waals surface area (Å²) in [5.41, 5.74) is 0.377. The van der Waals surface area contributed by atoms with Crippen LogP contribution >= 0.6 is 34.8 Å². The van der Waals surface area contributed by atoms with Crippen LogP contribution in [0.15, 0.2) is 34.7 Å². The van der Waals surface area contributed by atoms with Gasteiger partial charge in [0.25, 0.3) is 0 Å². The smallest absolute Gasteiger partial charge is 0.193 e. The van der Waals surface area contributed by atoms with Crippen molar-refractivity contribution in [1.29, 1.82) is 0 Å². The molecule has 90 valence electrons. The summed E-state index contributed by atoms with van der Waals surface area (Å²) in [6, 6.07) is 7.77. The summed E-state index contributed by atoms with van der Waals surface area (Å²) in [4.78, 5) is 0. The van der Waals surface area contributed by atoms with Gasteiger partial charge >= 0.3 is 0 Å². The monoisotopic (exact) mass is 292 g/mol. The molecule has 1 atom stereocenters. The van der Waals surface area contributed by atoms with Gasteiger partial charge in [0.15, 0.2) is 5.22 Å². The minimum Gasteiger partial charge on any atom is -0.448 e. The highest BCUT2D eigenvalue weighted by atomic mass is 35.5. The van der Waals surface area contributed by atoms with Crippen molar-refractivity contribution in [1.82, 2.24) is 0 Å². The average molecular weight is 294 g/mol. The van der Waals surface area contributed by atoms with Crippen molar-refractivity contribution in [2.75, 3.05) is 0 Å². The van der Waals surface area contributed by atoms with Gasteiger partial charge in [0.05, 0.1) is 5.38 Å². The first-order chi connectivity index (χ1) is 8.08. The second kappa shape index (κ2) is 5.30. The molecule has 2 aromatic rings. The normalized spacial score (nSPS) is 12.7. The predicted octanol–water partition coefficient (Wildman–Crippen LogP) is 5.25. The minimum absolute atomic E-state index is 0.247. The zero-order valence-corrected chi connectivity index (χ0v) is 10.9. The lowest BCUT2D eigenvalue weighted by atomic mass is 10.1. The molecule has 1 heterocycles. The van der Waals surface area contributed by atoms with Crippen molar-refractivity contribution in [2.45, 2.75) is 11.8 Å². The molecule has 17 heavy (non-hydrogen) atoms. The summed E-state index contributed by atoms with van der Waals surface area (Å²) in [5.74, 6) is 0.122. The molecule has 1 aromatic carbocycles. The van der Waals surface area contributed by atoms with Gasteiger partial charge in [0.1, 0.15) is 11.6 Å². The van der Waals surface area contributed by atoms with E-state index in [1.807, 2.05) is 0 Å². The number of hydrogen-bond donors (Lipinski definition) is 0. The van der Waals surface area contributed by atoms with Crippen molar-refractivity contribution in [3.05, 3.63) is 57.7 Å². The van der Waals surface area contributed by atoms with Gasteiger partial charge in [-0.25, -0.2) is 4.39 Å². The molecule has 5 heteroatoms. The molecule has 0 spiro atoms. The predicted molar refractivity (Wildman–Crippen MR) is 67.4 cm³/mol. The number of furan rings is 1. The first-order valence-corrected chi connectivity index (χ1v) is 6.09. The average Bonchev–Trinajstić information content (AvgIpc) is 2.70. The molecule has 0 saturated heterocycles. The minimum atomic E-state index is -0.503. The zero-order chi connectivity index (χ0) is 12.4. The lowest BCUT2D eigenvalue weighted by Gasteiger charge is -2.09. The Morgan fingerprint density at radius 2 is 1.94 bits per heavy atom. The third kappa shape index (κ3) is 2.95. The lowest BCUT2D eigenvalue weighted by molar-refractivity contribution is 0.501. The summed E-state index contributed by atoms with van der Waals surface area (Å²) < 4.78 is 18.7. The van der Waals surface area contributed by atoms with Crippen LogP contribution in [0.25, 0.3) is 0 Å². The maximum atomic E-state index is 13.5. The van der Waals surface area contributed by atoms with Gasteiger partial charge in [-0.15, -0.1) is 11.6 Å². The van der Waals surface area contributed by atoms with Gasteiger partial charge in [-0.2, -0.15) is 0 Å². The van der Waals surface area contributed by atoms with E-state index in [0.29, 0.717) is 16.3 Å². The Labute approximate surface area is 113 Å². The first-order valence-electron chi connectivity index (χ1n) is 4.90. The summed E-state index contributed by atoms with van der Waals surface area (Å²) >= 11 is 17.7. The van der Waals surface area contributed by atoms with E-state index in [0.717, 1.165) is 0 Å². The van der Waals surface area contributed by atoms with Gasteiger partial charge in [0, 0.05) is 17.0 Å². The van der Waals surface area contributed by atoms with E-state index >= 15 is 0 Å². The number of benzene rings is 1. The van der Waals surface area contributed by atoms with Crippen molar-refractivity contribution in [2.24, 2.45) is 0 Å². The summed E-state index contributed by atoms with van der Waals surface area (Å²) in [7, 11) is 0. The molecular formula is C12H8Cl3FO. The second-order valence-corrected chi connectivity index (χ2v) is 4.82. The largest absolute Gasteiger partial charge is 0.448 e. The van der Waals surface area contributed by atoms with Crippen LogP contribution < -0.4 is 0 Å². The maximum Gasteiger partial charge on any atom is 0.193 e. The lowest BCUT2D eigenvalue weighted by Crippen LogP contribution is -1.98. The highest BCUT2D eigenvalue weighted by Gasteiger charge is 2.17. The second-order valence-electron chi connectivity index (χ2n) is 3.51. The van der Waals surface area contributed by atoms with Gasteiger partial charge in [-0.1, -0.05) is 17.7 Å². The molecule has 1 aromatic heterocycles. The molecule has 0 fully saturated rings. The number of rotatable bonds is 3. The highest BCUT2D eigenvalue weighted by molar-refractivity contribution is 6.31. The maximum absolute atomic E-state index is 13.5. The quantitative estimate of drug-likeness (QED) is 0.705. The Balaban J connectivity index is 2.21. The third-order valence-corrected chi connectivity index (χ3v) is 3.27. The van der Waals surface area contributed by atoms with E-state index in [9.17, 15) is 4.39 Å². The van der Waals surface area contributed by atoms with Crippen LogP contribution in [0.4, 0.5) is 4.39 Å². The molecule has 1 nitrogen and oxygen atoms in total. The summed E-state index contributed by atoms with van der Waals surface area (Å²) in [5, 5.41) is 0.107. The molecule has 0 aliphatic heterocycles. The van der Waals surface area contributed by atoms with Crippen LogP contribution in [0.1, 0.15) is 16.7 Å². The van der Waals surface area contributed by atoms with Crippen molar-refractivity contribution >= 4 is 34.8 Å². The Bertz CT molecular complexity index is 504. The Morgan fingerprint density at radius 3 is 2.53 bits per heavy atom. The molecule has 0 saturated carbocycles. The first kappa shape index (κ1) is 12.7. The van der Waals surface area contributed by atoms with Gasteiger partial charge in [-0.3, -0.25) is 0 Å². The van der Waals surface area contributed by atoms with E-state index in [1.165, 1.54) is 6.07 Å². The van der Waals surface area contributed by atoms with Crippen LogP contribution in [0, 0.1) is 5.82 Å². The van der Waals surface area contributed by atoms with Crippen LogP contribution in [0.5, 0.6) is 0 Å². The highest BCUT2D eigenvalue weighted by Crippen LogP contribution is 2.31. The topological polar surface area (TPSA) is 13.1 Å². The number of halogens is 4. The Morgan fingerprint density at radius 1 is 1.18 bits per heavy atom. The van der Waals surface area contributed by atoms with Crippen LogP contribution in [-0.4, -0.2) is 0 Å². The van der Waals surface area contributed by atoms with Gasteiger partial charge < -0.3 is 4.42 Å². The fourth-order valence-corrected chi connectivity index (χ4v) is 2.17. The van der Waals surface area contributed by atoms with Gasteiger partial charge in [-0.05, 0) is 35.9 Å². The van der Waals surface area contributed by atoms with E-state index in [1.54, 1.807) is 24.3 Å². The van der Waals surface area contributed by atoms with Gasteiger partial charge in [0.2, 0.25) is 0 Å². The van der Waals surface area contributed by atoms with Crippen molar-refractivity contribution in [3.8, 4) is 0 Å². The fourth-order valence-electron chi connectivity index (χ4n) is 1.50. The molecule has 0 amide bonds. The molecule has 0 aliphatic carbocycles. The zero-order valence-electron chi connectivity index (χ0n) is 8.59. The molecule has 1 unspecified atom stereocenters. The summed E-state index contributed by atoms with van der Waals surface area (Å²) in [6.45, 7) is 0. The van der Waals surface area contributed by atoms with Crippen molar-refractivity contribution < 1.29 is 8.81 Å². The van der Waals surface area contributed by atoms with E-state index in [4.69, 9.17) is 39.2 Å². The number of hydrogen-bond acceptors (Lipinski definition) is 1. The molecular weight excluding hydrogens is 285 g/mol. The standard InChI is InChI=1S/C12H8Cl3FO/c13-8-2-1-3-10(16)7(8)6-9(14)11-4-5-12(15)17-11/h1-5,9H,6H2. The van der Waals surface area contributed by atoms with Crippen LogP contribution in [-0.2, 0) is 6.42 Å². The Kier molecular flexibility index (Phi) is 3.97. The molecule has 0 radical (unpaired) electrons. The van der Waals surface area contributed by atoms with Crippen LogP contribution in [0.3, 0.4) is 0 Å². The summed E-state index contributed by atoms with van der Waals surface area (Å²) in [6.07, 6.45) is 0.247. The number of alkyl halides is 1. The SMILES string of the molecule is Fc1cccc(Cl)c1CC(Cl)c1ccc(Cl)o1.